The van der Waals surface area contributed by atoms with Crippen molar-refractivity contribution in [3.05, 3.63) is 34.9 Å². The maximum atomic E-state index is 2.27. The first-order valence-electron chi connectivity index (χ1n) is 4.48. The van der Waals surface area contributed by atoms with Gasteiger partial charge in [-0.15, -0.1) is 0 Å². The van der Waals surface area contributed by atoms with Crippen molar-refractivity contribution in [2.45, 2.75) is 47.5 Å². The highest BCUT2D eigenvalue weighted by Crippen LogP contribution is 2.23. The standard InChI is InChI=1S/C12H18.CH4/c1-9-6-10(2)8-11(7-9)12(3,4)5;/h6-8H,1-5H3;1H4. The van der Waals surface area contributed by atoms with Gasteiger partial charge in [0.05, 0.1) is 0 Å². The van der Waals surface area contributed by atoms with Crippen molar-refractivity contribution in [2.75, 3.05) is 0 Å². The summed E-state index contributed by atoms with van der Waals surface area (Å²) in [5, 5.41) is 0. The van der Waals surface area contributed by atoms with E-state index in [0.29, 0.717) is 0 Å². The van der Waals surface area contributed by atoms with Crippen LogP contribution in [-0.4, -0.2) is 0 Å². The lowest BCUT2D eigenvalue weighted by molar-refractivity contribution is 0.589. The van der Waals surface area contributed by atoms with Gasteiger partial charge in [0.15, 0.2) is 0 Å². The van der Waals surface area contributed by atoms with Crippen molar-refractivity contribution >= 4 is 0 Å². The van der Waals surface area contributed by atoms with Gasteiger partial charge < -0.3 is 0 Å². The second-order valence-electron chi connectivity index (χ2n) is 4.63. The van der Waals surface area contributed by atoms with Crippen molar-refractivity contribution in [1.82, 2.24) is 0 Å². The number of benzene rings is 1. The third-order valence-corrected chi connectivity index (χ3v) is 2.09. The quantitative estimate of drug-likeness (QED) is 0.557. The second-order valence-corrected chi connectivity index (χ2v) is 4.63. The normalized spacial score (nSPS) is 10.8. The molecule has 0 saturated heterocycles. The van der Waals surface area contributed by atoms with Gasteiger partial charge in [-0.05, 0) is 24.8 Å². The Morgan fingerprint density at radius 1 is 0.846 bits per heavy atom. The molecule has 1 aromatic carbocycles. The molecule has 0 aromatic heterocycles. The lowest BCUT2D eigenvalue weighted by Crippen LogP contribution is -2.11. The van der Waals surface area contributed by atoms with Crippen LogP contribution in [0.1, 0.15) is 44.9 Å². The highest BCUT2D eigenvalue weighted by Gasteiger charge is 2.13. The van der Waals surface area contributed by atoms with Gasteiger partial charge in [-0.1, -0.05) is 57.5 Å². The summed E-state index contributed by atoms with van der Waals surface area (Å²) in [6.07, 6.45) is 0. The van der Waals surface area contributed by atoms with E-state index in [1.165, 1.54) is 16.7 Å². The average Bonchev–Trinajstić information content (AvgIpc) is 1.82. The molecular weight excluding hydrogens is 156 g/mol. The molecule has 0 amide bonds. The molecule has 13 heavy (non-hydrogen) atoms. The van der Waals surface area contributed by atoms with Crippen LogP contribution in [0.2, 0.25) is 0 Å². The zero-order valence-corrected chi connectivity index (χ0v) is 8.73. The van der Waals surface area contributed by atoms with Crippen LogP contribution < -0.4 is 0 Å². The summed E-state index contributed by atoms with van der Waals surface area (Å²) >= 11 is 0. The van der Waals surface area contributed by atoms with E-state index in [4.69, 9.17) is 0 Å². The molecule has 0 unspecified atom stereocenters. The fourth-order valence-corrected chi connectivity index (χ4v) is 1.41. The molecule has 0 spiro atoms. The Kier molecular flexibility index (Phi) is 3.71. The number of rotatable bonds is 0. The van der Waals surface area contributed by atoms with Gasteiger partial charge in [0.1, 0.15) is 0 Å². The van der Waals surface area contributed by atoms with Crippen LogP contribution in [0.5, 0.6) is 0 Å². The Morgan fingerprint density at radius 2 is 1.23 bits per heavy atom. The Morgan fingerprint density at radius 3 is 1.54 bits per heavy atom. The molecule has 0 heterocycles. The zero-order valence-electron chi connectivity index (χ0n) is 8.73. The van der Waals surface area contributed by atoms with Crippen molar-refractivity contribution in [2.24, 2.45) is 0 Å². The summed E-state index contributed by atoms with van der Waals surface area (Å²) in [5.41, 5.74) is 4.43. The lowest BCUT2D eigenvalue weighted by atomic mass is 9.85. The third kappa shape index (κ3) is 3.22. The minimum Gasteiger partial charge on any atom is -0.0776 e. The summed E-state index contributed by atoms with van der Waals surface area (Å²) < 4.78 is 0. The molecule has 74 valence electrons. The van der Waals surface area contributed by atoms with Gasteiger partial charge in [-0.25, -0.2) is 0 Å². The highest BCUT2D eigenvalue weighted by atomic mass is 14.2. The maximum absolute atomic E-state index is 2.27. The summed E-state index contributed by atoms with van der Waals surface area (Å²) in [7, 11) is 0. The van der Waals surface area contributed by atoms with E-state index in [0.717, 1.165) is 0 Å². The molecule has 0 bridgehead atoms. The van der Waals surface area contributed by atoms with Gasteiger partial charge in [-0.3, -0.25) is 0 Å². The first-order chi connectivity index (χ1) is 5.39. The Labute approximate surface area is 83.0 Å². The summed E-state index contributed by atoms with van der Waals surface area (Å²) in [4.78, 5) is 0. The van der Waals surface area contributed by atoms with Crippen LogP contribution >= 0.6 is 0 Å². The number of hydrogen-bond acceptors (Lipinski definition) is 0. The molecule has 0 atom stereocenters. The van der Waals surface area contributed by atoms with E-state index in [-0.39, 0.29) is 12.8 Å². The van der Waals surface area contributed by atoms with Crippen LogP contribution in [0, 0.1) is 13.8 Å². The molecule has 1 aromatic rings. The summed E-state index contributed by atoms with van der Waals surface area (Å²) in [6.45, 7) is 11.1. The van der Waals surface area contributed by atoms with E-state index in [1.807, 2.05) is 0 Å². The van der Waals surface area contributed by atoms with Crippen molar-refractivity contribution in [3.8, 4) is 0 Å². The topological polar surface area (TPSA) is 0 Å². The molecule has 0 heteroatoms. The minimum atomic E-state index is 0. The molecule has 0 N–H and O–H groups in total. The van der Waals surface area contributed by atoms with Gasteiger partial charge in [0.25, 0.3) is 0 Å². The lowest BCUT2D eigenvalue weighted by Gasteiger charge is -2.20. The molecular formula is C13H22. The molecule has 0 saturated carbocycles. The first-order valence-corrected chi connectivity index (χ1v) is 4.48. The third-order valence-electron chi connectivity index (χ3n) is 2.09. The predicted molar refractivity (Wildman–Crippen MR) is 61.3 cm³/mol. The fourth-order valence-electron chi connectivity index (χ4n) is 1.41. The number of hydrogen-bond donors (Lipinski definition) is 0. The van der Waals surface area contributed by atoms with Crippen LogP contribution in [-0.2, 0) is 5.41 Å². The molecule has 0 aliphatic heterocycles. The van der Waals surface area contributed by atoms with Gasteiger partial charge >= 0.3 is 0 Å². The SMILES string of the molecule is C.Cc1cc(C)cc(C(C)(C)C)c1. The monoisotopic (exact) mass is 178 g/mol. The molecule has 0 aliphatic carbocycles. The van der Waals surface area contributed by atoms with Crippen LogP contribution in [0.15, 0.2) is 18.2 Å². The van der Waals surface area contributed by atoms with Crippen LogP contribution in [0.25, 0.3) is 0 Å². The zero-order chi connectivity index (χ0) is 9.35. The maximum Gasteiger partial charge on any atom is -0.0132 e. The fraction of sp³-hybridized carbons (Fsp3) is 0.538. The van der Waals surface area contributed by atoms with Crippen LogP contribution in [0.3, 0.4) is 0 Å². The summed E-state index contributed by atoms with van der Waals surface area (Å²) in [6, 6.07) is 6.76. The van der Waals surface area contributed by atoms with E-state index in [1.54, 1.807) is 0 Å². The van der Waals surface area contributed by atoms with Gasteiger partial charge in [0.2, 0.25) is 0 Å². The van der Waals surface area contributed by atoms with Gasteiger partial charge in [0, 0.05) is 0 Å². The summed E-state index contributed by atoms with van der Waals surface area (Å²) in [5.74, 6) is 0. The Hall–Kier alpha value is -0.780. The minimum absolute atomic E-state index is 0. The van der Waals surface area contributed by atoms with Gasteiger partial charge in [-0.2, -0.15) is 0 Å². The Bertz CT molecular complexity index is 256. The largest absolute Gasteiger partial charge is 0.0776 e. The van der Waals surface area contributed by atoms with E-state index >= 15 is 0 Å². The molecule has 0 radical (unpaired) electrons. The molecule has 0 nitrogen and oxygen atoms in total. The van der Waals surface area contributed by atoms with Crippen molar-refractivity contribution in [1.29, 1.82) is 0 Å². The second kappa shape index (κ2) is 3.95. The van der Waals surface area contributed by atoms with Crippen molar-refractivity contribution < 1.29 is 0 Å². The van der Waals surface area contributed by atoms with E-state index in [2.05, 4.69) is 52.8 Å². The first kappa shape index (κ1) is 12.2. The van der Waals surface area contributed by atoms with Crippen molar-refractivity contribution in [3.63, 3.8) is 0 Å². The highest BCUT2D eigenvalue weighted by molar-refractivity contribution is 5.32. The average molecular weight is 178 g/mol. The van der Waals surface area contributed by atoms with E-state index in [9.17, 15) is 0 Å². The number of aryl methyl sites for hydroxylation is 2. The van der Waals surface area contributed by atoms with Crippen LogP contribution in [0.4, 0.5) is 0 Å². The predicted octanol–water partition coefficient (Wildman–Crippen LogP) is 4.24. The molecule has 0 aliphatic rings. The Balaban J connectivity index is 0.00000144. The van der Waals surface area contributed by atoms with E-state index < -0.39 is 0 Å². The molecule has 1 rings (SSSR count). The molecule has 0 fully saturated rings. The smallest absolute Gasteiger partial charge is 0.0132 e.